The highest BCUT2D eigenvalue weighted by Crippen LogP contribution is 2.37. The number of ether oxygens (including phenoxy) is 2. The van der Waals surface area contributed by atoms with Crippen LogP contribution < -0.4 is 14.8 Å². The third kappa shape index (κ3) is 3.42. The van der Waals surface area contributed by atoms with E-state index in [1.165, 1.54) is 24.9 Å². The molecule has 0 amide bonds. The van der Waals surface area contributed by atoms with Crippen molar-refractivity contribution in [1.82, 2.24) is 25.3 Å². The van der Waals surface area contributed by atoms with E-state index in [9.17, 15) is 13.2 Å². The summed E-state index contributed by atoms with van der Waals surface area (Å²) in [5.74, 6) is 1.34. The largest absolute Gasteiger partial charge is 0.493 e. The normalized spacial score (nSPS) is 12.9. The van der Waals surface area contributed by atoms with E-state index in [0.717, 1.165) is 12.1 Å². The van der Waals surface area contributed by atoms with E-state index in [1.54, 1.807) is 25.1 Å². The molecule has 0 aliphatic rings. The topological polar surface area (TPSA) is 86.5 Å². The van der Waals surface area contributed by atoms with Gasteiger partial charge < -0.3 is 14.8 Å². The van der Waals surface area contributed by atoms with Gasteiger partial charge >= 0.3 is 6.18 Å². The zero-order valence-corrected chi connectivity index (χ0v) is 16.2. The molecular weight excluding hydrogens is 401 g/mol. The molecule has 2 aromatic carbocycles. The minimum atomic E-state index is -4.42. The number of aromatic nitrogens is 5. The Labute approximate surface area is 168 Å². The quantitative estimate of drug-likeness (QED) is 0.526. The average molecular weight is 418 g/mol. The van der Waals surface area contributed by atoms with Crippen LogP contribution in [0.3, 0.4) is 0 Å². The molecule has 0 aliphatic heterocycles. The van der Waals surface area contributed by atoms with Crippen LogP contribution in [0.15, 0.2) is 36.4 Å². The lowest BCUT2D eigenvalue weighted by Crippen LogP contribution is -2.12. The van der Waals surface area contributed by atoms with E-state index in [0.29, 0.717) is 39.3 Å². The zero-order valence-electron chi connectivity index (χ0n) is 16.2. The number of halogens is 3. The maximum atomic E-state index is 13.1. The Bertz CT molecular complexity index is 1220. The molecule has 0 saturated heterocycles. The van der Waals surface area contributed by atoms with Gasteiger partial charge in [0, 0.05) is 10.8 Å². The van der Waals surface area contributed by atoms with Crippen LogP contribution in [0.4, 0.5) is 19.0 Å². The van der Waals surface area contributed by atoms with Gasteiger partial charge in [0.15, 0.2) is 17.3 Å². The van der Waals surface area contributed by atoms with Crippen molar-refractivity contribution in [3.63, 3.8) is 0 Å². The Morgan fingerprint density at radius 2 is 1.73 bits per heavy atom. The number of alkyl halides is 3. The van der Waals surface area contributed by atoms with Crippen molar-refractivity contribution in [2.45, 2.75) is 19.1 Å². The molecular formula is C19H17F3N6O2. The first-order valence-corrected chi connectivity index (χ1v) is 8.89. The van der Waals surface area contributed by atoms with E-state index in [4.69, 9.17) is 9.47 Å². The van der Waals surface area contributed by atoms with Crippen molar-refractivity contribution in [2.24, 2.45) is 0 Å². The molecule has 0 aliphatic carbocycles. The first-order chi connectivity index (χ1) is 14.3. The Kier molecular flexibility index (Phi) is 4.80. The van der Waals surface area contributed by atoms with Gasteiger partial charge in [0.2, 0.25) is 5.65 Å². The molecule has 1 unspecified atom stereocenters. The Morgan fingerprint density at radius 3 is 2.40 bits per heavy atom. The number of hydrogen-bond donors (Lipinski definition) is 1. The van der Waals surface area contributed by atoms with Crippen LogP contribution >= 0.6 is 0 Å². The van der Waals surface area contributed by atoms with Crippen molar-refractivity contribution >= 4 is 22.2 Å². The van der Waals surface area contributed by atoms with Crippen molar-refractivity contribution in [3.8, 4) is 11.5 Å². The highest BCUT2D eigenvalue weighted by molar-refractivity contribution is 6.01. The van der Waals surface area contributed by atoms with E-state index in [2.05, 4.69) is 25.9 Å². The van der Waals surface area contributed by atoms with E-state index < -0.39 is 17.8 Å². The number of nitrogens with zero attached hydrogens (tertiary/aromatic N) is 5. The summed E-state index contributed by atoms with van der Waals surface area (Å²) in [6, 6.07) is 8.10. The minimum absolute atomic E-state index is 0.385. The molecule has 8 nitrogen and oxygen atoms in total. The average Bonchev–Trinajstić information content (AvgIpc) is 3.21. The Morgan fingerprint density at radius 1 is 1.03 bits per heavy atom. The molecule has 156 valence electrons. The monoisotopic (exact) mass is 418 g/mol. The SMILES string of the molecule is COc1cc2c(NC(C)c3cccc(C(F)(F)F)c3)nn3nnnc3c2cc1OC. The van der Waals surface area contributed by atoms with Gasteiger partial charge in [0.05, 0.1) is 25.8 Å². The summed E-state index contributed by atoms with van der Waals surface area (Å²) in [5.41, 5.74) is 0.147. The van der Waals surface area contributed by atoms with Crippen LogP contribution in [-0.2, 0) is 6.18 Å². The fourth-order valence-electron chi connectivity index (χ4n) is 3.20. The highest BCUT2D eigenvalue weighted by atomic mass is 19.4. The summed E-state index contributed by atoms with van der Waals surface area (Å²) in [7, 11) is 3.02. The van der Waals surface area contributed by atoms with Crippen LogP contribution in [0.25, 0.3) is 16.4 Å². The van der Waals surface area contributed by atoms with Gasteiger partial charge in [0.1, 0.15) is 0 Å². The fourth-order valence-corrected chi connectivity index (χ4v) is 3.20. The zero-order chi connectivity index (χ0) is 21.5. The first-order valence-electron chi connectivity index (χ1n) is 8.89. The summed E-state index contributed by atoms with van der Waals surface area (Å²) < 4.78 is 51.2. The third-order valence-corrected chi connectivity index (χ3v) is 4.74. The number of rotatable bonds is 5. The molecule has 1 atom stereocenters. The molecule has 0 saturated carbocycles. The molecule has 11 heteroatoms. The Balaban J connectivity index is 1.82. The summed E-state index contributed by atoms with van der Waals surface area (Å²) in [5, 5.41) is 20.3. The second-order valence-corrected chi connectivity index (χ2v) is 6.58. The molecule has 0 fully saturated rings. The molecule has 0 spiro atoms. The van der Waals surface area contributed by atoms with Crippen molar-refractivity contribution in [3.05, 3.63) is 47.5 Å². The minimum Gasteiger partial charge on any atom is -0.493 e. The highest BCUT2D eigenvalue weighted by Gasteiger charge is 2.30. The third-order valence-electron chi connectivity index (χ3n) is 4.74. The maximum Gasteiger partial charge on any atom is 0.416 e. The van der Waals surface area contributed by atoms with Crippen LogP contribution in [0.5, 0.6) is 11.5 Å². The number of benzene rings is 2. The number of nitrogens with one attached hydrogen (secondary N) is 1. The second-order valence-electron chi connectivity index (χ2n) is 6.58. The number of hydrogen-bond acceptors (Lipinski definition) is 7. The number of tetrazole rings is 1. The van der Waals surface area contributed by atoms with E-state index in [-0.39, 0.29) is 0 Å². The van der Waals surface area contributed by atoms with Gasteiger partial charge in [-0.15, -0.1) is 14.8 Å². The molecule has 1 N–H and O–H groups in total. The van der Waals surface area contributed by atoms with Gasteiger partial charge in [-0.3, -0.25) is 0 Å². The number of anilines is 1. The first kappa shape index (κ1) is 19.7. The van der Waals surface area contributed by atoms with Crippen LogP contribution in [0, 0.1) is 0 Å². The Hall–Kier alpha value is -3.63. The summed E-state index contributed by atoms with van der Waals surface area (Å²) in [6.07, 6.45) is -4.42. The predicted molar refractivity (Wildman–Crippen MR) is 103 cm³/mol. The van der Waals surface area contributed by atoms with Gasteiger partial charge in [-0.2, -0.15) is 13.2 Å². The lowest BCUT2D eigenvalue weighted by molar-refractivity contribution is -0.137. The molecule has 4 rings (SSSR count). The van der Waals surface area contributed by atoms with E-state index in [1.807, 2.05) is 0 Å². The summed E-state index contributed by atoms with van der Waals surface area (Å²) >= 11 is 0. The van der Waals surface area contributed by atoms with Crippen LogP contribution in [-0.4, -0.2) is 39.5 Å². The number of fused-ring (bicyclic) bond motifs is 3. The van der Waals surface area contributed by atoms with Gasteiger partial charge in [0.25, 0.3) is 0 Å². The van der Waals surface area contributed by atoms with Crippen molar-refractivity contribution < 1.29 is 22.6 Å². The number of methoxy groups -OCH3 is 2. The summed E-state index contributed by atoms with van der Waals surface area (Å²) in [4.78, 5) is 0. The lowest BCUT2D eigenvalue weighted by Gasteiger charge is -2.18. The molecule has 0 radical (unpaired) electrons. The fraction of sp³-hybridized carbons (Fsp3) is 0.263. The van der Waals surface area contributed by atoms with Crippen LogP contribution in [0.2, 0.25) is 0 Å². The molecule has 2 aromatic heterocycles. The van der Waals surface area contributed by atoms with Crippen LogP contribution in [0.1, 0.15) is 24.1 Å². The predicted octanol–water partition coefficient (Wildman–Crippen LogP) is 3.88. The summed E-state index contributed by atoms with van der Waals surface area (Å²) in [6.45, 7) is 1.74. The maximum absolute atomic E-state index is 13.1. The van der Waals surface area contributed by atoms with Gasteiger partial charge in [-0.05, 0) is 47.2 Å². The van der Waals surface area contributed by atoms with Gasteiger partial charge in [-0.25, -0.2) is 0 Å². The second kappa shape index (κ2) is 7.32. The molecule has 0 bridgehead atoms. The standard InChI is InChI=1S/C19H17F3N6O2/c1-10(11-5-4-6-12(7-11)19(20,21)22)23-17-13-8-15(29-2)16(30-3)9-14(13)18-24-26-27-28(18)25-17/h4-10H,1-3H3,(H,23,25). The lowest BCUT2D eigenvalue weighted by atomic mass is 10.0. The smallest absolute Gasteiger partial charge is 0.416 e. The van der Waals surface area contributed by atoms with E-state index >= 15 is 0 Å². The van der Waals surface area contributed by atoms with Gasteiger partial charge in [-0.1, -0.05) is 12.1 Å². The van der Waals surface area contributed by atoms with Crippen molar-refractivity contribution in [2.75, 3.05) is 19.5 Å². The molecule has 4 aromatic rings. The molecule has 2 heterocycles. The van der Waals surface area contributed by atoms with Crippen molar-refractivity contribution in [1.29, 1.82) is 0 Å². The molecule has 30 heavy (non-hydrogen) atoms.